The molecule has 154 valence electrons. The number of hydrogen-bond donors (Lipinski definition) is 1. The molecule has 3 rings (SSSR count). The number of benzene rings is 1. The predicted molar refractivity (Wildman–Crippen MR) is 106 cm³/mol. The quantitative estimate of drug-likeness (QED) is 0.855. The van der Waals surface area contributed by atoms with Gasteiger partial charge in [-0.3, -0.25) is 9.69 Å². The van der Waals surface area contributed by atoms with E-state index < -0.39 is 17.7 Å². The summed E-state index contributed by atoms with van der Waals surface area (Å²) < 4.78 is 18.5. The zero-order chi connectivity index (χ0) is 20.3. The van der Waals surface area contributed by atoms with Gasteiger partial charge in [-0.2, -0.15) is 0 Å². The maximum absolute atomic E-state index is 13.0. The van der Waals surface area contributed by atoms with Crippen LogP contribution in [0.4, 0.5) is 14.9 Å². The molecule has 1 aromatic rings. The Labute approximate surface area is 166 Å². The van der Waals surface area contributed by atoms with Crippen molar-refractivity contribution in [3.05, 3.63) is 30.1 Å². The molecule has 1 atom stereocenters. The summed E-state index contributed by atoms with van der Waals surface area (Å²) >= 11 is 0. The van der Waals surface area contributed by atoms with Crippen LogP contribution in [0.5, 0.6) is 0 Å². The summed E-state index contributed by atoms with van der Waals surface area (Å²) in [7, 11) is 0. The van der Waals surface area contributed by atoms with Crippen LogP contribution >= 0.6 is 0 Å². The van der Waals surface area contributed by atoms with Gasteiger partial charge in [0.05, 0.1) is 0 Å². The number of carbonyl (C=O) groups is 2. The molecule has 0 spiro atoms. The topological polar surface area (TPSA) is 61.9 Å². The van der Waals surface area contributed by atoms with E-state index in [4.69, 9.17) is 4.74 Å². The Bertz CT molecular complexity index is 694. The second-order valence-corrected chi connectivity index (χ2v) is 8.58. The van der Waals surface area contributed by atoms with Crippen LogP contribution in [-0.4, -0.2) is 59.1 Å². The lowest BCUT2D eigenvalue weighted by Crippen LogP contribution is -2.51. The summed E-state index contributed by atoms with van der Waals surface area (Å²) in [4.78, 5) is 28.9. The molecule has 2 aliphatic rings. The highest BCUT2D eigenvalue weighted by Gasteiger charge is 2.39. The van der Waals surface area contributed by atoms with Crippen molar-refractivity contribution in [2.45, 2.75) is 64.1 Å². The van der Waals surface area contributed by atoms with Crippen molar-refractivity contribution in [2.75, 3.05) is 25.0 Å². The van der Waals surface area contributed by atoms with Gasteiger partial charge in [-0.05, 0) is 70.7 Å². The Morgan fingerprint density at radius 3 is 2.32 bits per heavy atom. The van der Waals surface area contributed by atoms with Gasteiger partial charge in [0, 0.05) is 31.4 Å². The third kappa shape index (κ3) is 5.14. The van der Waals surface area contributed by atoms with Crippen LogP contribution in [-0.2, 0) is 9.53 Å². The van der Waals surface area contributed by atoms with Crippen molar-refractivity contribution in [3.63, 3.8) is 0 Å². The zero-order valence-corrected chi connectivity index (χ0v) is 16.9. The fraction of sp³-hybridized carbons (Fsp3) is 0.619. The van der Waals surface area contributed by atoms with Gasteiger partial charge in [-0.15, -0.1) is 0 Å². The summed E-state index contributed by atoms with van der Waals surface area (Å²) in [5.41, 5.74) is 0.315. The molecule has 28 heavy (non-hydrogen) atoms. The van der Waals surface area contributed by atoms with E-state index in [1.165, 1.54) is 12.1 Å². The van der Waals surface area contributed by atoms with E-state index in [1.54, 1.807) is 17.0 Å². The van der Waals surface area contributed by atoms with Crippen molar-refractivity contribution in [1.29, 1.82) is 0 Å². The molecule has 1 N–H and O–H groups in total. The summed E-state index contributed by atoms with van der Waals surface area (Å²) in [6.07, 6.45) is 2.74. The number of carbonyl (C=O) groups excluding carboxylic acids is 2. The van der Waals surface area contributed by atoms with E-state index in [-0.39, 0.29) is 17.8 Å². The second kappa shape index (κ2) is 8.37. The van der Waals surface area contributed by atoms with E-state index in [9.17, 15) is 14.0 Å². The van der Waals surface area contributed by atoms with Crippen molar-refractivity contribution < 1.29 is 18.7 Å². The van der Waals surface area contributed by atoms with Crippen molar-refractivity contribution in [2.24, 2.45) is 0 Å². The number of piperidine rings is 1. The molecule has 0 aliphatic carbocycles. The van der Waals surface area contributed by atoms with Crippen LogP contribution < -0.4 is 5.32 Å². The average molecular weight is 391 g/mol. The molecule has 1 aromatic carbocycles. The van der Waals surface area contributed by atoms with Gasteiger partial charge in [-0.25, -0.2) is 9.18 Å². The molecule has 2 heterocycles. The molecule has 7 heteroatoms. The van der Waals surface area contributed by atoms with Crippen LogP contribution in [0.3, 0.4) is 0 Å². The van der Waals surface area contributed by atoms with Gasteiger partial charge in [0.15, 0.2) is 0 Å². The fourth-order valence-corrected chi connectivity index (χ4v) is 3.80. The molecular weight excluding hydrogens is 361 g/mol. The maximum atomic E-state index is 13.0. The first-order chi connectivity index (χ1) is 13.2. The second-order valence-electron chi connectivity index (χ2n) is 8.58. The number of likely N-dealkylation sites (tertiary alicyclic amines) is 2. The van der Waals surface area contributed by atoms with E-state index in [1.807, 2.05) is 25.7 Å². The minimum Gasteiger partial charge on any atom is -0.444 e. The van der Waals surface area contributed by atoms with Gasteiger partial charge in [0.2, 0.25) is 5.91 Å². The monoisotopic (exact) mass is 391 g/mol. The lowest BCUT2D eigenvalue weighted by atomic mass is 10.0. The maximum Gasteiger partial charge on any atom is 0.410 e. The normalized spacial score (nSPS) is 20.9. The number of hydrogen-bond acceptors (Lipinski definition) is 4. The van der Waals surface area contributed by atoms with Crippen molar-refractivity contribution in [3.8, 4) is 0 Å². The van der Waals surface area contributed by atoms with Crippen LogP contribution in [0, 0.1) is 5.82 Å². The third-order valence-corrected chi connectivity index (χ3v) is 5.19. The SMILES string of the molecule is CC(C)(C)OC(=O)N1CCC[C@H]1C(=O)N1CCC(Nc2ccc(F)cc2)CC1. The Balaban J connectivity index is 1.52. The Morgan fingerprint density at radius 2 is 1.71 bits per heavy atom. The minimum atomic E-state index is -0.572. The molecule has 0 aromatic heterocycles. The molecule has 6 nitrogen and oxygen atoms in total. The molecule has 0 saturated carbocycles. The number of nitrogens with one attached hydrogen (secondary N) is 1. The van der Waals surface area contributed by atoms with Gasteiger partial charge in [0.1, 0.15) is 17.5 Å². The Kier molecular flexibility index (Phi) is 6.10. The highest BCUT2D eigenvalue weighted by molar-refractivity contribution is 5.86. The van der Waals surface area contributed by atoms with Crippen LogP contribution in [0.25, 0.3) is 0 Å². The fourth-order valence-electron chi connectivity index (χ4n) is 3.80. The van der Waals surface area contributed by atoms with Crippen molar-refractivity contribution >= 4 is 17.7 Å². The number of rotatable bonds is 3. The third-order valence-electron chi connectivity index (χ3n) is 5.19. The molecule has 2 fully saturated rings. The summed E-state index contributed by atoms with van der Waals surface area (Å²) in [6, 6.07) is 6.16. The van der Waals surface area contributed by atoms with Crippen LogP contribution in [0.15, 0.2) is 24.3 Å². The Morgan fingerprint density at radius 1 is 1.07 bits per heavy atom. The van der Waals surface area contributed by atoms with Gasteiger partial charge >= 0.3 is 6.09 Å². The van der Waals surface area contributed by atoms with E-state index in [2.05, 4.69) is 5.32 Å². The van der Waals surface area contributed by atoms with Crippen LogP contribution in [0.1, 0.15) is 46.5 Å². The summed E-state index contributed by atoms with van der Waals surface area (Å²) in [5.74, 6) is -0.235. The minimum absolute atomic E-state index is 0.0172. The molecule has 2 aliphatic heterocycles. The van der Waals surface area contributed by atoms with Gasteiger partial charge < -0.3 is 15.0 Å². The molecule has 2 saturated heterocycles. The first-order valence-electron chi connectivity index (χ1n) is 10.0. The number of halogens is 1. The standard InChI is InChI=1S/C21H30FN3O3/c1-21(2,3)28-20(27)25-12-4-5-18(25)19(26)24-13-10-17(11-14-24)23-16-8-6-15(22)7-9-16/h6-9,17-18,23H,4-5,10-14H2,1-3H3/t18-/m0/s1. The lowest BCUT2D eigenvalue weighted by Gasteiger charge is -2.36. The number of nitrogens with zero attached hydrogens (tertiary/aromatic N) is 2. The molecule has 0 unspecified atom stereocenters. The summed E-state index contributed by atoms with van der Waals surface area (Å²) in [5, 5.41) is 3.40. The lowest BCUT2D eigenvalue weighted by molar-refractivity contribution is -0.136. The molecule has 0 radical (unpaired) electrons. The first-order valence-corrected chi connectivity index (χ1v) is 10.0. The number of amides is 2. The molecule has 0 bridgehead atoms. The van der Waals surface area contributed by atoms with Crippen molar-refractivity contribution in [1.82, 2.24) is 9.80 Å². The van der Waals surface area contributed by atoms with Gasteiger partial charge in [-0.1, -0.05) is 0 Å². The zero-order valence-electron chi connectivity index (χ0n) is 16.9. The van der Waals surface area contributed by atoms with Crippen LogP contribution in [0.2, 0.25) is 0 Å². The van der Waals surface area contributed by atoms with E-state index in [0.717, 1.165) is 24.9 Å². The first kappa shape index (κ1) is 20.4. The molecule has 2 amide bonds. The Hall–Kier alpha value is -2.31. The highest BCUT2D eigenvalue weighted by atomic mass is 19.1. The number of anilines is 1. The van der Waals surface area contributed by atoms with Gasteiger partial charge in [0.25, 0.3) is 0 Å². The average Bonchev–Trinajstić information content (AvgIpc) is 3.12. The summed E-state index contributed by atoms with van der Waals surface area (Å²) in [6.45, 7) is 7.35. The largest absolute Gasteiger partial charge is 0.444 e. The smallest absolute Gasteiger partial charge is 0.410 e. The predicted octanol–water partition coefficient (Wildman–Crippen LogP) is 3.63. The van der Waals surface area contributed by atoms with E-state index in [0.29, 0.717) is 26.1 Å². The number of ether oxygens (including phenoxy) is 1. The molecular formula is C21H30FN3O3. The highest BCUT2D eigenvalue weighted by Crippen LogP contribution is 2.24. The van der Waals surface area contributed by atoms with E-state index >= 15 is 0 Å².